The third-order valence-corrected chi connectivity index (χ3v) is 3.41. The molecule has 2 N–H and O–H groups in total. The van der Waals surface area contributed by atoms with Crippen molar-refractivity contribution in [1.82, 2.24) is 20.4 Å². The van der Waals surface area contributed by atoms with Gasteiger partial charge in [0.2, 0.25) is 0 Å². The van der Waals surface area contributed by atoms with Gasteiger partial charge in [-0.2, -0.15) is 5.10 Å². The molecule has 116 valence electrons. The van der Waals surface area contributed by atoms with Crippen LogP contribution in [0.2, 0.25) is 0 Å². The van der Waals surface area contributed by atoms with E-state index in [-0.39, 0.29) is 18.4 Å². The lowest BCUT2D eigenvalue weighted by Crippen LogP contribution is -2.38. The Kier molecular flexibility index (Phi) is 5.32. The summed E-state index contributed by atoms with van der Waals surface area (Å²) >= 11 is 0. The second-order valence-electron chi connectivity index (χ2n) is 4.99. The number of esters is 1. The predicted octanol–water partition coefficient (Wildman–Crippen LogP) is 0.471. The molecule has 7 heteroatoms. The predicted molar refractivity (Wildman–Crippen MR) is 76.8 cm³/mol. The van der Waals surface area contributed by atoms with E-state index in [0.29, 0.717) is 25.4 Å². The smallest absolute Gasteiger partial charge is 0.325 e. The highest BCUT2D eigenvalue weighted by Gasteiger charge is 2.26. The third kappa shape index (κ3) is 3.60. The molecule has 1 aromatic heterocycles. The molecule has 0 fully saturated rings. The van der Waals surface area contributed by atoms with Gasteiger partial charge in [-0.1, -0.05) is 6.92 Å². The molecule has 1 aliphatic rings. The number of aromatic amines is 1. The molecule has 2 rings (SSSR count). The van der Waals surface area contributed by atoms with E-state index in [2.05, 4.69) is 15.5 Å². The Morgan fingerprint density at radius 3 is 2.90 bits per heavy atom. The number of hydrogen-bond donors (Lipinski definition) is 2. The first-order valence-corrected chi connectivity index (χ1v) is 7.39. The molecular formula is C14H22N4O3. The minimum absolute atomic E-state index is 0.0322. The molecule has 0 radical (unpaired) electrons. The zero-order valence-electron chi connectivity index (χ0n) is 12.6. The number of fused-ring (bicyclic) bond motifs is 1. The number of H-pyrrole nitrogens is 1. The number of carbonyl (C=O) groups is 2. The number of nitrogens with one attached hydrogen (secondary N) is 2. The molecule has 0 aliphatic carbocycles. The van der Waals surface area contributed by atoms with Gasteiger partial charge < -0.3 is 15.0 Å². The Morgan fingerprint density at radius 1 is 1.38 bits per heavy atom. The Morgan fingerprint density at radius 2 is 2.19 bits per heavy atom. The average Bonchev–Trinajstić information content (AvgIpc) is 2.90. The lowest BCUT2D eigenvalue weighted by atomic mass is 10.1. The van der Waals surface area contributed by atoms with Crippen molar-refractivity contribution in [2.45, 2.75) is 33.2 Å². The summed E-state index contributed by atoms with van der Waals surface area (Å²) in [6.45, 7) is 6.01. The minimum atomic E-state index is -0.387. The van der Waals surface area contributed by atoms with Crippen LogP contribution in [-0.2, 0) is 22.5 Å². The zero-order valence-corrected chi connectivity index (χ0v) is 12.6. The van der Waals surface area contributed by atoms with Crippen molar-refractivity contribution in [3.05, 3.63) is 17.0 Å². The number of rotatable bonds is 6. The van der Waals surface area contributed by atoms with Crippen LogP contribution in [0.15, 0.2) is 0 Å². The van der Waals surface area contributed by atoms with Crippen molar-refractivity contribution in [2.24, 2.45) is 0 Å². The summed E-state index contributed by atoms with van der Waals surface area (Å²) < 4.78 is 4.93. The Labute approximate surface area is 124 Å². The molecule has 0 bridgehead atoms. The van der Waals surface area contributed by atoms with Gasteiger partial charge in [0.05, 0.1) is 6.61 Å². The second kappa shape index (κ2) is 7.21. The fourth-order valence-electron chi connectivity index (χ4n) is 2.44. The van der Waals surface area contributed by atoms with Gasteiger partial charge in [-0.15, -0.1) is 0 Å². The molecule has 21 heavy (non-hydrogen) atoms. The highest BCUT2D eigenvalue weighted by Crippen LogP contribution is 2.17. The van der Waals surface area contributed by atoms with E-state index < -0.39 is 0 Å². The summed E-state index contributed by atoms with van der Waals surface area (Å²) in [6.07, 6.45) is 1.61. The van der Waals surface area contributed by atoms with Gasteiger partial charge in [0.25, 0.3) is 5.91 Å². The van der Waals surface area contributed by atoms with E-state index in [4.69, 9.17) is 4.74 Å². The Balaban J connectivity index is 2.14. The van der Waals surface area contributed by atoms with Crippen molar-refractivity contribution in [3.8, 4) is 0 Å². The highest BCUT2D eigenvalue weighted by atomic mass is 16.5. The van der Waals surface area contributed by atoms with Gasteiger partial charge in [0, 0.05) is 37.3 Å². The van der Waals surface area contributed by atoms with Crippen LogP contribution in [0.25, 0.3) is 0 Å². The zero-order chi connectivity index (χ0) is 15.2. The van der Waals surface area contributed by atoms with Gasteiger partial charge >= 0.3 is 5.97 Å². The number of nitrogens with zero attached hydrogens (tertiary/aromatic N) is 2. The Bertz CT molecular complexity index is 512. The first-order valence-electron chi connectivity index (χ1n) is 7.39. The van der Waals surface area contributed by atoms with Crippen LogP contribution in [0, 0.1) is 0 Å². The third-order valence-electron chi connectivity index (χ3n) is 3.41. The summed E-state index contributed by atoms with van der Waals surface area (Å²) in [6, 6.07) is 0. The van der Waals surface area contributed by atoms with E-state index in [1.165, 1.54) is 4.90 Å². The number of carbonyl (C=O) groups excluding carboxylic acids is 2. The van der Waals surface area contributed by atoms with Crippen LogP contribution in [0.5, 0.6) is 0 Å². The monoisotopic (exact) mass is 294 g/mol. The maximum atomic E-state index is 12.6. The molecule has 0 saturated carbocycles. The van der Waals surface area contributed by atoms with Crippen LogP contribution in [0.4, 0.5) is 0 Å². The van der Waals surface area contributed by atoms with E-state index in [9.17, 15) is 9.59 Å². The first kappa shape index (κ1) is 15.5. The minimum Gasteiger partial charge on any atom is -0.465 e. The van der Waals surface area contributed by atoms with E-state index in [1.54, 1.807) is 6.92 Å². The van der Waals surface area contributed by atoms with Crippen LogP contribution in [0.3, 0.4) is 0 Å². The molecule has 1 amide bonds. The van der Waals surface area contributed by atoms with Crippen LogP contribution in [-0.4, -0.2) is 53.2 Å². The van der Waals surface area contributed by atoms with Gasteiger partial charge in [-0.25, -0.2) is 0 Å². The van der Waals surface area contributed by atoms with Crippen LogP contribution >= 0.6 is 0 Å². The highest BCUT2D eigenvalue weighted by molar-refractivity contribution is 5.95. The lowest BCUT2D eigenvalue weighted by Gasteiger charge is -2.21. The van der Waals surface area contributed by atoms with E-state index >= 15 is 0 Å². The molecule has 1 aliphatic heterocycles. The van der Waals surface area contributed by atoms with Crippen molar-refractivity contribution >= 4 is 11.9 Å². The molecule has 0 aromatic carbocycles. The summed E-state index contributed by atoms with van der Waals surface area (Å²) in [5.41, 5.74) is 2.33. The Hall–Kier alpha value is -1.89. The molecular weight excluding hydrogens is 272 g/mol. The van der Waals surface area contributed by atoms with Crippen molar-refractivity contribution < 1.29 is 14.3 Å². The average molecular weight is 294 g/mol. The molecule has 1 aromatic rings. The SMILES string of the molecule is CCCN(CC(=O)OCC)C(=O)c1n[nH]c2c1CNCC2. The molecule has 0 spiro atoms. The van der Waals surface area contributed by atoms with Crippen molar-refractivity contribution in [3.63, 3.8) is 0 Å². The molecule has 7 nitrogen and oxygen atoms in total. The lowest BCUT2D eigenvalue weighted by molar-refractivity contribution is -0.143. The summed E-state index contributed by atoms with van der Waals surface area (Å²) in [5.74, 6) is -0.604. The quantitative estimate of drug-likeness (QED) is 0.745. The van der Waals surface area contributed by atoms with E-state index in [1.807, 2.05) is 6.92 Å². The fourth-order valence-corrected chi connectivity index (χ4v) is 2.44. The van der Waals surface area contributed by atoms with Gasteiger partial charge in [0.15, 0.2) is 5.69 Å². The van der Waals surface area contributed by atoms with E-state index in [0.717, 1.165) is 30.6 Å². The second-order valence-corrected chi connectivity index (χ2v) is 4.99. The van der Waals surface area contributed by atoms with Crippen LogP contribution < -0.4 is 5.32 Å². The standard InChI is InChI=1S/C14H22N4O3/c1-3-7-18(9-12(19)21-4-2)14(20)13-10-8-15-6-5-11(10)16-17-13/h15H,3-9H2,1-2H3,(H,16,17). The van der Waals surface area contributed by atoms with Crippen LogP contribution in [0.1, 0.15) is 42.0 Å². The van der Waals surface area contributed by atoms with Gasteiger partial charge in [-0.05, 0) is 13.3 Å². The topological polar surface area (TPSA) is 87.3 Å². The van der Waals surface area contributed by atoms with Gasteiger partial charge in [-0.3, -0.25) is 14.7 Å². The van der Waals surface area contributed by atoms with Crippen molar-refractivity contribution in [1.29, 1.82) is 0 Å². The normalized spacial score (nSPS) is 13.6. The number of ether oxygens (including phenoxy) is 1. The summed E-state index contributed by atoms with van der Waals surface area (Å²) in [7, 11) is 0. The first-order chi connectivity index (χ1) is 10.2. The summed E-state index contributed by atoms with van der Waals surface area (Å²) in [4.78, 5) is 25.8. The number of amides is 1. The number of aromatic nitrogens is 2. The number of hydrogen-bond acceptors (Lipinski definition) is 5. The maximum absolute atomic E-state index is 12.6. The summed E-state index contributed by atoms with van der Waals surface area (Å²) in [5, 5.41) is 10.3. The molecule has 0 saturated heterocycles. The van der Waals surface area contributed by atoms with Gasteiger partial charge in [0.1, 0.15) is 6.54 Å². The fraction of sp³-hybridized carbons (Fsp3) is 0.643. The molecule has 0 unspecified atom stereocenters. The molecule has 2 heterocycles. The molecule has 0 atom stereocenters. The maximum Gasteiger partial charge on any atom is 0.325 e. The van der Waals surface area contributed by atoms with Crippen molar-refractivity contribution in [2.75, 3.05) is 26.2 Å². The largest absolute Gasteiger partial charge is 0.465 e.